The molecule has 5 nitrogen and oxygen atoms in total. The van der Waals surface area contributed by atoms with Gasteiger partial charge in [-0.15, -0.1) is 0 Å². The first-order chi connectivity index (χ1) is 7.00. The van der Waals surface area contributed by atoms with Gasteiger partial charge in [-0.3, -0.25) is 9.59 Å². The summed E-state index contributed by atoms with van der Waals surface area (Å²) < 4.78 is 0. The lowest BCUT2D eigenvalue weighted by Gasteiger charge is -2.10. The first kappa shape index (κ1) is 11.2. The fraction of sp³-hybridized carbons (Fsp3) is 0.200. The van der Waals surface area contributed by atoms with Crippen LogP contribution in [0.25, 0.3) is 0 Å². The summed E-state index contributed by atoms with van der Waals surface area (Å²) in [4.78, 5) is 21.5. The van der Waals surface area contributed by atoms with Crippen LogP contribution in [0.4, 0.5) is 0 Å². The van der Waals surface area contributed by atoms with Crippen molar-refractivity contribution >= 4 is 11.8 Å². The molecule has 1 atom stereocenters. The number of primary amides is 2. The number of nitrogens with two attached hydrogens (primary N) is 3. The molecule has 1 aromatic carbocycles. The Morgan fingerprint density at radius 1 is 1.27 bits per heavy atom. The van der Waals surface area contributed by atoms with Gasteiger partial charge in [0.05, 0.1) is 0 Å². The minimum absolute atomic E-state index is 0.0439. The smallest absolute Gasteiger partial charge is 0.248 e. The lowest BCUT2D eigenvalue weighted by Crippen LogP contribution is -2.21. The van der Waals surface area contributed by atoms with E-state index in [-0.39, 0.29) is 6.42 Å². The fourth-order valence-electron chi connectivity index (χ4n) is 1.26. The highest BCUT2D eigenvalue weighted by atomic mass is 16.1. The highest BCUT2D eigenvalue weighted by molar-refractivity contribution is 5.92. The second kappa shape index (κ2) is 4.56. The average Bonchev–Trinajstić information content (AvgIpc) is 2.17. The van der Waals surface area contributed by atoms with Crippen molar-refractivity contribution in [2.45, 2.75) is 12.5 Å². The van der Waals surface area contributed by atoms with Gasteiger partial charge in [-0.25, -0.2) is 0 Å². The van der Waals surface area contributed by atoms with Crippen molar-refractivity contribution in [3.63, 3.8) is 0 Å². The zero-order valence-corrected chi connectivity index (χ0v) is 8.14. The fourth-order valence-corrected chi connectivity index (χ4v) is 1.26. The second-order valence-electron chi connectivity index (χ2n) is 3.27. The highest BCUT2D eigenvalue weighted by Crippen LogP contribution is 2.14. The summed E-state index contributed by atoms with van der Waals surface area (Å²) in [6.45, 7) is 0. The van der Waals surface area contributed by atoms with Crippen LogP contribution < -0.4 is 17.2 Å². The lowest BCUT2D eigenvalue weighted by molar-refractivity contribution is -0.118. The number of benzene rings is 1. The number of carbonyl (C=O) groups is 2. The summed E-state index contributed by atoms with van der Waals surface area (Å²) in [5, 5.41) is 0. The summed E-state index contributed by atoms with van der Waals surface area (Å²) in [6.07, 6.45) is 0.0439. The molecule has 0 aliphatic rings. The van der Waals surface area contributed by atoms with Gasteiger partial charge >= 0.3 is 0 Å². The van der Waals surface area contributed by atoms with Crippen LogP contribution >= 0.6 is 0 Å². The van der Waals surface area contributed by atoms with E-state index in [9.17, 15) is 9.59 Å². The molecule has 0 bridgehead atoms. The summed E-state index contributed by atoms with van der Waals surface area (Å²) in [7, 11) is 0. The summed E-state index contributed by atoms with van der Waals surface area (Å²) in [6, 6.07) is 6.04. The summed E-state index contributed by atoms with van der Waals surface area (Å²) in [5.74, 6) is -1.00. The van der Waals surface area contributed by atoms with Crippen LogP contribution in [0.15, 0.2) is 24.3 Å². The van der Waals surface area contributed by atoms with Crippen molar-refractivity contribution in [3.05, 3.63) is 35.4 Å². The van der Waals surface area contributed by atoms with E-state index in [2.05, 4.69) is 0 Å². The van der Waals surface area contributed by atoms with Gasteiger partial charge in [0.15, 0.2) is 0 Å². The average molecular weight is 207 g/mol. The molecule has 6 N–H and O–H groups in total. The zero-order valence-electron chi connectivity index (χ0n) is 8.14. The zero-order chi connectivity index (χ0) is 11.4. The molecule has 80 valence electrons. The number of hydrogen-bond donors (Lipinski definition) is 3. The monoisotopic (exact) mass is 207 g/mol. The van der Waals surface area contributed by atoms with Crippen LogP contribution in [0, 0.1) is 0 Å². The van der Waals surface area contributed by atoms with Gasteiger partial charge in [0.2, 0.25) is 11.8 Å². The topological polar surface area (TPSA) is 112 Å². The SMILES string of the molecule is NC(=O)CC(N)c1cccc(C(N)=O)c1. The number of hydrogen-bond acceptors (Lipinski definition) is 3. The molecular weight excluding hydrogens is 194 g/mol. The first-order valence-corrected chi connectivity index (χ1v) is 4.44. The molecule has 0 fully saturated rings. The van der Waals surface area contributed by atoms with E-state index < -0.39 is 17.9 Å². The molecule has 0 aliphatic carbocycles. The molecule has 1 unspecified atom stereocenters. The highest BCUT2D eigenvalue weighted by Gasteiger charge is 2.10. The maximum absolute atomic E-state index is 10.9. The van der Waals surface area contributed by atoms with E-state index in [1.54, 1.807) is 24.3 Å². The van der Waals surface area contributed by atoms with Crippen molar-refractivity contribution in [2.24, 2.45) is 17.2 Å². The van der Waals surface area contributed by atoms with Crippen LogP contribution in [0.2, 0.25) is 0 Å². The predicted octanol–water partition coefficient (Wildman–Crippen LogP) is -0.339. The Labute approximate surface area is 87.2 Å². The van der Waals surface area contributed by atoms with Gasteiger partial charge in [-0.05, 0) is 17.7 Å². The van der Waals surface area contributed by atoms with Gasteiger partial charge in [-0.1, -0.05) is 12.1 Å². The van der Waals surface area contributed by atoms with E-state index in [1.807, 2.05) is 0 Å². The Bertz CT molecular complexity index is 390. The molecule has 15 heavy (non-hydrogen) atoms. The third-order valence-corrected chi connectivity index (χ3v) is 2.02. The van der Waals surface area contributed by atoms with Crippen molar-refractivity contribution < 1.29 is 9.59 Å². The first-order valence-electron chi connectivity index (χ1n) is 4.44. The second-order valence-corrected chi connectivity index (χ2v) is 3.27. The van der Waals surface area contributed by atoms with Gasteiger partial charge in [0.1, 0.15) is 0 Å². The van der Waals surface area contributed by atoms with Gasteiger partial charge in [-0.2, -0.15) is 0 Å². The molecule has 2 amide bonds. The Morgan fingerprint density at radius 2 is 1.93 bits per heavy atom. The van der Waals surface area contributed by atoms with Crippen LogP contribution in [0.5, 0.6) is 0 Å². The third-order valence-electron chi connectivity index (χ3n) is 2.02. The van der Waals surface area contributed by atoms with Crippen LogP contribution in [0.1, 0.15) is 28.4 Å². The minimum Gasteiger partial charge on any atom is -0.370 e. The Balaban J connectivity index is 2.89. The number of carbonyl (C=O) groups excluding carboxylic acids is 2. The lowest BCUT2D eigenvalue weighted by atomic mass is 10.0. The number of amides is 2. The normalized spacial score (nSPS) is 12.1. The maximum Gasteiger partial charge on any atom is 0.248 e. The third kappa shape index (κ3) is 3.07. The molecule has 0 heterocycles. The molecule has 0 radical (unpaired) electrons. The largest absolute Gasteiger partial charge is 0.370 e. The van der Waals surface area contributed by atoms with E-state index >= 15 is 0 Å². The molecular formula is C10H13N3O2. The van der Waals surface area contributed by atoms with Crippen molar-refractivity contribution in [2.75, 3.05) is 0 Å². The van der Waals surface area contributed by atoms with Crippen molar-refractivity contribution in [1.29, 1.82) is 0 Å². The Kier molecular flexibility index (Phi) is 3.41. The van der Waals surface area contributed by atoms with E-state index in [0.29, 0.717) is 11.1 Å². The van der Waals surface area contributed by atoms with E-state index in [1.165, 1.54) is 0 Å². The molecule has 1 aromatic rings. The predicted molar refractivity (Wildman–Crippen MR) is 55.7 cm³/mol. The molecule has 1 rings (SSSR count). The maximum atomic E-state index is 10.9. The quantitative estimate of drug-likeness (QED) is 0.627. The van der Waals surface area contributed by atoms with Crippen LogP contribution in [-0.2, 0) is 4.79 Å². The summed E-state index contributed by atoms with van der Waals surface area (Å²) >= 11 is 0. The Hall–Kier alpha value is -1.88. The standard InChI is InChI=1S/C10H13N3O2/c11-8(5-9(12)14)6-2-1-3-7(4-6)10(13)15/h1-4,8H,5,11H2,(H2,12,14)(H2,13,15). The molecule has 0 saturated heterocycles. The molecule has 0 spiro atoms. The van der Waals surface area contributed by atoms with Gasteiger partial charge in [0, 0.05) is 18.0 Å². The summed E-state index contributed by atoms with van der Waals surface area (Å²) in [5.41, 5.74) is 16.9. The van der Waals surface area contributed by atoms with Gasteiger partial charge < -0.3 is 17.2 Å². The Morgan fingerprint density at radius 3 is 2.47 bits per heavy atom. The number of rotatable bonds is 4. The molecule has 0 aliphatic heterocycles. The van der Waals surface area contributed by atoms with Gasteiger partial charge in [0.25, 0.3) is 0 Å². The molecule has 0 aromatic heterocycles. The minimum atomic E-state index is -0.525. The van der Waals surface area contributed by atoms with E-state index in [4.69, 9.17) is 17.2 Å². The van der Waals surface area contributed by atoms with Crippen molar-refractivity contribution in [3.8, 4) is 0 Å². The molecule has 5 heteroatoms. The van der Waals surface area contributed by atoms with E-state index in [0.717, 1.165) is 0 Å². The van der Waals surface area contributed by atoms with Crippen molar-refractivity contribution in [1.82, 2.24) is 0 Å². The molecule has 0 saturated carbocycles. The van der Waals surface area contributed by atoms with Crippen LogP contribution in [-0.4, -0.2) is 11.8 Å². The van der Waals surface area contributed by atoms with Crippen LogP contribution in [0.3, 0.4) is 0 Å².